The zero-order chi connectivity index (χ0) is 8.27. The van der Waals surface area contributed by atoms with E-state index in [0.717, 1.165) is 0 Å². The van der Waals surface area contributed by atoms with E-state index in [1.54, 1.807) is 11.8 Å². The summed E-state index contributed by atoms with van der Waals surface area (Å²) in [5, 5.41) is 0. The molecule has 0 fully saturated rings. The van der Waals surface area contributed by atoms with Crippen LogP contribution in [0.1, 0.15) is 5.56 Å². The SMILES string of the molecule is CSc1ccc(CCl)cc1I. The monoisotopic (exact) mass is 298 g/mol. The highest BCUT2D eigenvalue weighted by Gasteiger charge is 1.98. The van der Waals surface area contributed by atoms with E-state index in [0.29, 0.717) is 5.88 Å². The van der Waals surface area contributed by atoms with Gasteiger partial charge in [0.1, 0.15) is 0 Å². The van der Waals surface area contributed by atoms with Crippen molar-refractivity contribution < 1.29 is 0 Å². The fraction of sp³-hybridized carbons (Fsp3) is 0.250. The van der Waals surface area contributed by atoms with Crippen LogP contribution in [-0.4, -0.2) is 6.26 Å². The van der Waals surface area contributed by atoms with Crippen molar-refractivity contribution in [1.29, 1.82) is 0 Å². The third-order valence-corrected chi connectivity index (χ3v) is 3.73. The number of hydrogen-bond donors (Lipinski definition) is 0. The highest BCUT2D eigenvalue weighted by atomic mass is 127. The average molecular weight is 299 g/mol. The predicted molar refractivity (Wildman–Crippen MR) is 60.5 cm³/mol. The summed E-state index contributed by atoms with van der Waals surface area (Å²) < 4.78 is 1.29. The second-order valence-corrected chi connectivity index (χ2v) is 4.38. The number of hydrogen-bond acceptors (Lipinski definition) is 1. The van der Waals surface area contributed by atoms with E-state index in [9.17, 15) is 0 Å². The topological polar surface area (TPSA) is 0 Å². The Morgan fingerprint density at radius 3 is 2.73 bits per heavy atom. The first-order valence-corrected chi connectivity index (χ1v) is 6.00. The van der Waals surface area contributed by atoms with E-state index in [4.69, 9.17) is 11.6 Å². The van der Waals surface area contributed by atoms with E-state index in [1.807, 2.05) is 0 Å². The molecule has 1 aromatic carbocycles. The smallest absolute Gasteiger partial charge is 0.0474 e. The van der Waals surface area contributed by atoms with Crippen LogP contribution in [0.4, 0.5) is 0 Å². The van der Waals surface area contributed by atoms with Crippen molar-refractivity contribution in [2.75, 3.05) is 6.26 Å². The van der Waals surface area contributed by atoms with Gasteiger partial charge >= 0.3 is 0 Å². The fourth-order valence-corrected chi connectivity index (χ4v) is 2.66. The zero-order valence-corrected chi connectivity index (χ0v) is 9.83. The molecule has 11 heavy (non-hydrogen) atoms. The summed E-state index contributed by atoms with van der Waals surface area (Å²) in [6, 6.07) is 6.31. The van der Waals surface area contributed by atoms with Crippen molar-refractivity contribution in [3.05, 3.63) is 27.3 Å². The van der Waals surface area contributed by atoms with Gasteiger partial charge in [-0.15, -0.1) is 23.4 Å². The van der Waals surface area contributed by atoms with Gasteiger partial charge in [-0.25, -0.2) is 0 Å². The number of halogens is 2. The predicted octanol–water partition coefficient (Wildman–Crippen LogP) is 3.75. The lowest BCUT2D eigenvalue weighted by molar-refractivity contribution is 1.31. The van der Waals surface area contributed by atoms with Gasteiger partial charge in [0.2, 0.25) is 0 Å². The summed E-state index contributed by atoms with van der Waals surface area (Å²) in [5.74, 6) is 0.602. The van der Waals surface area contributed by atoms with Crippen LogP contribution in [0.3, 0.4) is 0 Å². The third-order valence-electron chi connectivity index (χ3n) is 1.37. The molecule has 1 aromatic rings. The minimum atomic E-state index is 0.602. The number of benzene rings is 1. The van der Waals surface area contributed by atoms with Gasteiger partial charge in [0.25, 0.3) is 0 Å². The number of alkyl halides is 1. The molecule has 60 valence electrons. The molecule has 3 heteroatoms. The van der Waals surface area contributed by atoms with Crippen molar-refractivity contribution >= 4 is 46.0 Å². The average Bonchev–Trinajstić information content (AvgIpc) is 2.04. The summed E-state index contributed by atoms with van der Waals surface area (Å²) in [6.45, 7) is 0. The molecule has 0 unspecified atom stereocenters. The molecule has 1 rings (SSSR count). The molecule has 0 atom stereocenters. The summed E-state index contributed by atoms with van der Waals surface area (Å²) in [6.07, 6.45) is 2.08. The Hall–Kier alpha value is 0.590. The molecule has 0 nitrogen and oxygen atoms in total. The maximum absolute atomic E-state index is 5.68. The van der Waals surface area contributed by atoms with Crippen LogP contribution >= 0.6 is 46.0 Å². The number of rotatable bonds is 2. The summed E-state index contributed by atoms with van der Waals surface area (Å²) in [5.41, 5.74) is 1.19. The molecule has 0 N–H and O–H groups in total. The van der Waals surface area contributed by atoms with Crippen LogP contribution in [0.25, 0.3) is 0 Å². The van der Waals surface area contributed by atoms with Gasteiger partial charge in [-0.2, -0.15) is 0 Å². The van der Waals surface area contributed by atoms with Gasteiger partial charge < -0.3 is 0 Å². The van der Waals surface area contributed by atoms with E-state index < -0.39 is 0 Å². The summed E-state index contributed by atoms with van der Waals surface area (Å²) >= 11 is 9.78. The molecule has 0 saturated heterocycles. The standard InChI is InChI=1S/C8H8ClIS/c1-11-8-3-2-6(5-9)4-7(8)10/h2-4H,5H2,1H3. The number of thioether (sulfide) groups is 1. The van der Waals surface area contributed by atoms with Crippen LogP contribution < -0.4 is 0 Å². The van der Waals surface area contributed by atoms with E-state index in [2.05, 4.69) is 47.0 Å². The van der Waals surface area contributed by atoms with Crippen molar-refractivity contribution in [2.24, 2.45) is 0 Å². The van der Waals surface area contributed by atoms with Gasteiger partial charge in [-0.05, 0) is 46.5 Å². The second-order valence-electron chi connectivity index (χ2n) is 2.10. The molecule has 0 aliphatic carbocycles. The first-order chi connectivity index (χ1) is 5.27. The molecular formula is C8H8ClIS. The van der Waals surface area contributed by atoms with Crippen LogP contribution in [-0.2, 0) is 5.88 Å². The third kappa shape index (κ3) is 2.53. The van der Waals surface area contributed by atoms with Crippen molar-refractivity contribution in [1.82, 2.24) is 0 Å². The maximum Gasteiger partial charge on any atom is 0.0474 e. The Kier molecular flexibility index (Phi) is 4.02. The van der Waals surface area contributed by atoms with Crippen molar-refractivity contribution in [3.8, 4) is 0 Å². The Balaban J connectivity index is 2.99. The lowest BCUT2D eigenvalue weighted by Gasteiger charge is -2.01. The molecule has 0 amide bonds. The van der Waals surface area contributed by atoms with E-state index in [-0.39, 0.29) is 0 Å². The maximum atomic E-state index is 5.68. The first kappa shape index (κ1) is 9.68. The normalized spacial score (nSPS) is 10.1. The Morgan fingerprint density at radius 2 is 2.27 bits per heavy atom. The van der Waals surface area contributed by atoms with Gasteiger partial charge in [-0.3, -0.25) is 0 Å². The van der Waals surface area contributed by atoms with Gasteiger partial charge in [-0.1, -0.05) is 6.07 Å². The molecule has 0 aromatic heterocycles. The molecule has 0 heterocycles. The molecule has 0 aliphatic heterocycles. The summed E-state index contributed by atoms with van der Waals surface area (Å²) in [7, 11) is 0. The van der Waals surface area contributed by atoms with E-state index in [1.165, 1.54) is 14.0 Å². The van der Waals surface area contributed by atoms with Crippen LogP contribution in [0, 0.1) is 3.57 Å². The Morgan fingerprint density at radius 1 is 1.55 bits per heavy atom. The largest absolute Gasteiger partial charge is 0.128 e. The first-order valence-electron chi connectivity index (χ1n) is 3.16. The highest BCUT2D eigenvalue weighted by Crippen LogP contribution is 2.23. The molecule has 0 bridgehead atoms. The van der Waals surface area contributed by atoms with Crippen LogP contribution in [0.5, 0.6) is 0 Å². The molecule has 0 radical (unpaired) electrons. The lowest BCUT2D eigenvalue weighted by atomic mass is 10.2. The second kappa shape index (κ2) is 4.58. The molecular weight excluding hydrogens is 291 g/mol. The van der Waals surface area contributed by atoms with Gasteiger partial charge in [0.15, 0.2) is 0 Å². The Bertz CT molecular complexity index is 250. The molecule has 0 saturated carbocycles. The van der Waals surface area contributed by atoms with Crippen molar-refractivity contribution in [3.63, 3.8) is 0 Å². The quantitative estimate of drug-likeness (QED) is 0.455. The minimum Gasteiger partial charge on any atom is -0.128 e. The fourth-order valence-electron chi connectivity index (χ4n) is 0.793. The minimum absolute atomic E-state index is 0.602. The highest BCUT2D eigenvalue weighted by molar-refractivity contribution is 14.1. The zero-order valence-electron chi connectivity index (χ0n) is 6.10. The van der Waals surface area contributed by atoms with Gasteiger partial charge in [0, 0.05) is 14.3 Å². The molecule has 0 aliphatic rings. The van der Waals surface area contributed by atoms with Gasteiger partial charge in [0.05, 0.1) is 0 Å². The van der Waals surface area contributed by atoms with E-state index >= 15 is 0 Å². The van der Waals surface area contributed by atoms with Crippen LogP contribution in [0.2, 0.25) is 0 Å². The molecule has 0 spiro atoms. The summed E-state index contributed by atoms with van der Waals surface area (Å²) in [4.78, 5) is 1.32. The van der Waals surface area contributed by atoms with Crippen LogP contribution in [0.15, 0.2) is 23.1 Å². The Labute approximate surface area is 89.8 Å². The lowest BCUT2D eigenvalue weighted by Crippen LogP contribution is -1.82. The van der Waals surface area contributed by atoms with Crippen molar-refractivity contribution in [2.45, 2.75) is 10.8 Å².